The number of carbonyl (C=O) groups is 1. The molecule has 0 saturated heterocycles. The van der Waals surface area contributed by atoms with Crippen molar-refractivity contribution in [3.63, 3.8) is 0 Å². The van der Waals surface area contributed by atoms with Gasteiger partial charge < -0.3 is 9.47 Å². The summed E-state index contributed by atoms with van der Waals surface area (Å²) in [6.45, 7) is 7.12. The van der Waals surface area contributed by atoms with E-state index in [1.165, 1.54) is 43.0 Å². The van der Waals surface area contributed by atoms with Gasteiger partial charge >= 0.3 is 5.97 Å². The first kappa shape index (κ1) is 21.3. The van der Waals surface area contributed by atoms with E-state index in [1.54, 1.807) is 20.2 Å². The van der Waals surface area contributed by atoms with Gasteiger partial charge in [0.1, 0.15) is 11.0 Å². The van der Waals surface area contributed by atoms with Gasteiger partial charge in [-0.2, -0.15) is 15.2 Å². The monoisotopic (exact) mass is 426 g/mol. The lowest BCUT2D eigenvalue weighted by Crippen LogP contribution is -2.15. The van der Waals surface area contributed by atoms with E-state index < -0.39 is 5.97 Å². The molecule has 31 heavy (non-hydrogen) atoms. The van der Waals surface area contributed by atoms with Crippen LogP contribution in [0.15, 0.2) is 12.4 Å². The van der Waals surface area contributed by atoms with Crippen LogP contribution in [-0.2, 0) is 11.3 Å². The number of methoxy groups -OCH3 is 1. The maximum atomic E-state index is 12.0. The van der Waals surface area contributed by atoms with Crippen molar-refractivity contribution in [1.82, 2.24) is 29.5 Å². The maximum absolute atomic E-state index is 12.0. The quantitative estimate of drug-likeness (QED) is 0.529. The SMILES string of the molecule is CCOC(=O)c1cnn(-c2nc(OC)c3c(n2)c(C(C)C)nn3CC2CCCCC2)c1. The Hall–Kier alpha value is -2.97. The minimum absolute atomic E-state index is 0.190. The van der Waals surface area contributed by atoms with Crippen LogP contribution in [0.4, 0.5) is 0 Å². The van der Waals surface area contributed by atoms with Crippen LogP contribution in [0.1, 0.15) is 74.8 Å². The van der Waals surface area contributed by atoms with Crippen LogP contribution in [-0.4, -0.2) is 49.2 Å². The van der Waals surface area contributed by atoms with Gasteiger partial charge in [-0.05, 0) is 31.6 Å². The topological polar surface area (TPSA) is 96.9 Å². The molecule has 1 saturated carbocycles. The van der Waals surface area contributed by atoms with Crippen LogP contribution in [0.3, 0.4) is 0 Å². The zero-order chi connectivity index (χ0) is 22.0. The lowest BCUT2D eigenvalue weighted by molar-refractivity contribution is 0.0526. The van der Waals surface area contributed by atoms with Gasteiger partial charge in [0.25, 0.3) is 5.95 Å². The minimum Gasteiger partial charge on any atom is -0.479 e. The average molecular weight is 427 g/mol. The van der Waals surface area contributed by atoms with Crippen molar-refractivity contribution in [2.75, 3.05) is 13.7 Å². The summed E-state index contributed by atoms with van der Waals surface area (Å²) < 4.78 is 14.2. The van der Waals surface area contributed by atoms with Gasteiger partial charge in [-0.3, -0.25) is 4.68 Å². The molecule has 1 aliphatic carbocycles. The second-order valence-corrected chi connectivity index (χ2v) is 8.35. The van der Waals surface area contributed by atoms with E-state index in [0.29, 0.717) is 29.9 Å². The number of rotatable bonds is 7. The normalized spacial score (nSPS) is 15.0. The van der Waals surface area contributed by atoms with Crippen molar-refractivity contribution in [2.24, 2.45) is 5.92 Å². The van der Waals surface area contributed by atoms with Crippen LogP contribution in [0.2, 0.25) is 0 Å². The summed E-state index contributed by atoms with van der Waals surface area (Å²) >= 11 is 0. The van der Waals surface area contributed by atoms with Crippen molar-refractivity contribution in [2.45, 2.75) is 65.3 Å². The van der Waals surface area contributed by atoms with E-state index in [-0.39, 0.29) is 5.92 Å². The fourth-order valence-electron chi connectivity index (χ4n) is 4.19. The molecule has 9 heteroatoms. The summed E-state index contributed by atoms with van der Waals surface area (Å²) in [5.74, 6) is 1.17. The molecule has 4 rings (SSSR count). The minimum atomic E-state index is -0.426. The van der Waals surface area contributed by atoms with Crippen LogP contribution < -0.4 is 4.74 Å². The van der Waals surface area contributed by atoms with Crippen LogP contribution in [0.5, 0.6) is 5.88 Å². The first-order chi connectivity index (χ1) is 15.0. The van der Waals surface area contributed by atoms with E-state index in [9.17, 15) is 4.79 Å². The number of carbonyl (C=O) groups excluding carboxylic acids is 1. The standard InChI is InChI=1S/C22H30N6O3/c1-5-31-21(29)16-11-23-28(13-16)22-24-18-17(14(2)3)26-27(19(18)20(25-22)30-4)12-15-9-7-6-8-10-15/h11,13-15H,5-10,12H2,1-4H3. The molecule has 0 spiro atoms. The second kappa shape index (κ2) is 9.03. The highest BCUT2D eigenvalue weighted by molar-refractivity contribution is 5.89. The zero-order valence-electron chi connectivity index (χ0n) is 18.7. The third-order valence-electron chi connectivity index (χ3n) is 5.76. The Bertz CT molecular complexity index is 1060. The molecule has 0 amide bonds. The smallest absolute Gasteiger partial charge is 0.341 e. The van der Waals surface area contributed by atoms with Gasteiger partial charge in [-0.1, -0.05) is 33.1 Å². The number of hydrogen-bond donors (Lipinski definition) is 0. The van der Waals surface area contributed by atoms with E-state index >= 15 is 0 Å². The Morgan fingerprint density at radius 3 is 2.68 bits per heavy atom. The predicted molar refractivity (Wildman–Crippen MR) is 116 cm³/mol. The molecule has 0 bridgehead atoms. The lowest BCUT2D eigenvalue weighted by atomic mass is 9.89. The van der Waals surface area contributed by atoms with E-state index in [4.69, 9.17) is 19.6 Å². The molecule has 0 radical (unpaired) electrons. The summed E-state index contributed by atoms with van der Waals surface area (Å²) in [4.78, 5) is 21.4. The lowest BCUT2D eigenvalue weighted by Gasteiger charge is -2.21. The molecule has 3 heterocycles. The second-order valence-electron chi connectivity index (χ2n) is 8.35. The van der Waals surface area contributed by atoms with Gasteiger partial charge in [0, 0.05) is 12.7 Å². The fraction of sp³-hybridized carbons (Fsp3) is 0.591. The van der Waals surface area contributed by atoms with Crippen LogP contribution in [0, 0.1) is 5.92 Å². The first-order valence-electron chi connectivity index (χ1n) is 11.1. The van der Waals surface area contributed by atoms with E-state index in [0.717, 1.165) is 23.3 Å². The highest BCUT2D eigenvalue weighted by atomic mass is 16.5. The summed E-state index contributed by atoms with van der Waals surface area (Å²) in [6.07, 6.45) is 9.35. The molecule has 1 fully saturated rings. The Morgan fingerprint density at radius 1 is 1.23 bits per heavy atom. The first-order valence-corrected chi connectivity index (χ1v) is 11.1. The predicted octanol–water partition coefficient (Wildman–Crippen LogP) is 3.90. The Balaban J connectivity index is 1.77. The molecule has 1 aliphatic rings. The Morgan fingerprint density at radius 2 is 2.00 bits per heavy atom. The highest BCUT2D eigenvalue weighted by Gasteiger charge is 2.24. The van der Waals surface area contributed by atoms with Gasteiger partial charge in [0.15, 0.2) is 0 Å². The number of hydrogen-bond acceptors (Lipinski definition) is 7. The van der Waals surface area contributed by atoms with E-state index in [1.807, 2.05) is 4.68 Å². The Kier molecular flexibility index (Phi) is 6.20. The number of nitrogens with zero attached hydrogens (tertiary/aromatic N) is 6. The molecule has 0 aromatic carbocycles. The zero-order valence-corrected chi connectivity index (χ0v) is 18.7. The molecule has 0 unspecified atom stereocenters. The third kappa shape index (κ3) is 4.26. The van der Waals surface area contributed by atoms with Gasteiger partial charge in [-0.25, -0.2) is 14.5 Å². The molecule has 3 aromatic heterocycles. The van der Waals surface area contributed by atoms with E-state index in [2.05, 4.69) is 23.9 Å². The van der Waals surface area contributed by atoms with Crippen molar-refractivity contribution in [3.05, 3.63) is 23.7 Å². The number of aromatic nitrogens is 6. The Labute approximate surface area is 181 Å². The average Bonchev–Trinajstić information content (AvgIpc) is 3.40. The summed E-state index contributed by atoms with van der Waals surface area (Å²) in [6, 6.07) is 0. The summed E-state index contributed by atoms with van der Waals surface area (Å²) in [7, 11) is 1.60. The van der Waals surface area contributed by atoms with Crippen molar-refractivity contribution >= 4 is 17.0 Å². The molecule has 166 valence electrons. The largest absolute Gasteiger partial charge is 0.479 e. The molecule has 9 nitrogen and oxygen atoms in total. The molecule has 0 atom stereocenters. The number of esters is 1. The van der Waals surface area contributed by atoms with Crippen LogP contribution in [0.25, 0.3) is 17.0 Å². The highest BCUT2D eigenvalue weighted by Crippen LogP contribution is 2.32. The van der Waals surface area contributed by atoms with Crippen molar-refractivity contribution in [3.8, 4) is 11.8 Å². The van der Waals surface area contributed by atoms with Gasteiger partial charge in [0.05, 0.1) is 31.2 Å². The van der Waals surface area contributed by atoms with Crippen molar-refractivity contribution in [1.29, 1.82) is 0 Å². The van der Waals surface area contributed by atoms with Crippen molar-refractivity contribution < 1.29 is 14.3 Å². The fourth-order valence-corrected chi connectivity index (χ4v) is 4.19. The van der Waals surface area contributed by atoms with Crippen LogP contribution >= 0.6 is 0 Å². The molecule has 3 aromatic rings. The maximum Gasteiger partial charge on any atom is 0.341 e. The van der Waals surface area contributed by atoms with Gasteiger partial charge in [0.2, 0.25) is 5.88 Å². The number of ether oxygens (including phenoxy) is 2. The molecular formula is C22H30N6O3. The third-order valence-corrected chi connectivity index (χ3v) is 5.76. The molecule has 0 aliphatic heterocycles. The molecule has 0 N–H and O–H groups in total. The molecular weight excluding hydrogens is 396 g/mol. The summed E-state index contributed by atoms with van der Waals surface area (Å²) in [5.41, 5.74) is 2.84. The summed E-state index contributed by atoms with van der Waals surface area (Å²) in [5, 5.41) is 9.17. The number of fused-ring (bicyclic) bond motifs is 1. The van der Waals surface area contributed by atoms with Gasteiger partial charge in [-0.15, -0.1) is 0 Å².